The number of amides is 1. The highest BCUT2D eigenvalue weighted by Crippen LogP contribution is 2.17. The van der Waals surface area contributed by atoms with Gasteiger partial charge in [-0.05, 0) is 36.8 Å². The van der Waals surface area contributed by atoms with Gasteiger partial charge in [0.15, 0.2) is 0 Å². The summed E-state index contributed by atoms with van der Waals surface area (Å²) in [5.41, 5.74) is 3.00. The normalized spacial score (nSPS) is 10.9. The average molecular weight is 265 g/mol. The Balaban J connectivity index is 2.40. The molecule has 2 aromatic rings. The molecule has 4 heteroatoms. The first kappa shape index (κ1) is 13.6. The molecule has 0 unspecified atom stereocenters. The van der Waals surface area contributed by atoms with E-state index < -0.39 is 0 Å². The van der Waals surface area contributed by atoms with Crippen LogP contribution in [0.5, 0.6) is 0 Å². The first-order valence-electron chi connectivity index (χ1n) is 6.24. The van der Waals surface area contributed by atoms with Gasteiger partial charge < -0.3 is 9.88 Å². The van der Waals surface area contributed by atoms with Crippen molar-refractivity contribution in [2.45, 2.75) is 6.92 Å². The molecule has 0 atom stereocenters. The molecule has 0 aliphatic rings. The molecule has 0 radical (unpaired) electrons. The van der Waals surface area contributed by atoms with Crippen molar-refractivity contribution in [3.63, 3.8) is 0 Å². The van der Waals surface area contributed by atoms with Gasteiger partial charge in [0.25, 0.3) is 5.91 Å². The third-order valence-corrected chi connectivity index (χ3v) is 2.97. The van der Waals surface area contributed by atoms with E-state index in [1.54, 1.807) is 6.08 Å². The van der Waals surface area contributed by atoms with Crippen LogP contribution in [0.1, 0.15) is 11.3 Å². The van der Waals surface area contributed by atoms with Crippen molar-refractivity contribution in [3.05, 3.63) is 59.4 Å². The summed E-state index contributed by atoms with van der Waals surface area (Å²) < 4.78 is 2.02. The lowest BCUT2D eigenvalue weighted by Gasteiger charge is -2.04. The molecule has 1 N–H and O–H groups in total. The van der Waals surface area contributed by atoms with E-state index in [-0.39, 0.29) is 11.5 Å². The van der Waals surface area contributed by atoms with Gasteiger partial charge in [-0.2, -0.15) is 5.26 Å². The van der Waals surface area contributed by atoms with E-state index in [4.69, 9.17) is 5.26 Å². The van der Waals surface area contributed by atoms with Crippen molar-refractivity contribution in [3.8, 4) is 11.8 Å². The first-order chi connectivity index (χ1) is 9.65. The number of rotatable bonds is 3. The van der Waals surface area contributed by atoms with Crippen LogP contribution in [0.3, 0.4) is 0 Å². The number of aromatic nitrogens is 1. The van der Waals surface area contributed by atoms with Crippen molar-refractivity contribution in [1.29, 1.82) is 5.26 Å². The van der Waals surface area contributed by atoms with Gasteiger partial charge in [-0.25, -0.2) is 0 Å². The highest BCUT2D eigenvalue weighted by Gasteiger charge is 2.08. The molecule has 1 amide bonds. The van der Waals surface area contributed by atoms with E-state index in [9.17, 15) is 4.79 Å². The number of hydrogen-bond donors (Lipinski definition) is 1. The Hall–Kier alpha value is -2.80. The van der Waals surface area contributed by atoms with Crippen LogP contribution in [-0.2, 0) is 4.79 Å². The highest BCUT2D eigenvalue weighted by molar-refractivity contribution is 6.01. The van der Waals surface area contributed by atoms with Crippen molar-refractivity contribution >= 4 is 12.0 Å². The summed E-state index contributed by atoms with van der Waals surface area (Å²) in [5.74, 6) is -0.377. The van der Waals surface area contributed by atoms with Gasteiger partial charge in [0.05, 0.1) is 0 Å². The molecule has 0 fully saturated rings. The second-order valence-corrected chi connectivity index (χ2v) is 4.37. The minimum atomic E-state index is -0.377. The molecular weight excluding hydrogens is 250 g/mol. The number of aryl methyl sites for hydroxylation is 1. The topological polar surface area (TPSA) is 57.8 Å². The predicted molar refractivity (Wildman–Crippen MR) is 78.2 cm³/mol. The van der Waals surface area contributed by atoms with Crippen LogP contribution in [0.15, 0.2) is 48.2 Å². The Morgan fingerprint density at radius 2 is 2.05 bits per heavy atom. The number of hydrogen-bond acceptors (Lipinski definition) is 2. The molecule has 0 saturated heterocycles. The minimum Gasteiger partial charge on any atom is -0.354 e. The summed E-state index contributed by atoms with van der Waals surface area (Å²) in [4.78, 5) is 11.5. The summed E-state index contributed by atoms with van der Waals surface area (Å²) in [5, 5.41) is 11.4. The fourth-order valence-corrected chi connectivity index (χ4v) is 1.99. The number of para-hydroxylation sites is 1. The quantitative estimate of drug-likeness (QED) is 0.684. The van der Waals surface area contributed by atoms with Gasteiger partial charge in [-0.1, -0.05) is 18.2 Å². The van der Waals surface area contributed by atoms with Crippen LogP contribution in [0.25, 0.3) is 11.8 Å². The van der Waals surface area contributed by atoms with E-state index in [2.05, 4.69) is 5.32 Å². The van der Waals surface area contributed by atoms with Gasteiger partial charge >= 0.3 is 0 Å². The Morgan fingerprint density at radius 1 is 1.35 bits per heavy atom. The van der Waals surface area contributed by atoms with E-state index in [0.29, 0.717) is 0 Å². The van der Waals surface area contributed by atoms with E-state index in [0.717, 1.165) is 16.9 Å². The maximum Gasteiger partial charge on any atom is 0.261 e. The Kier molecular flexibility index (Phi) is 4.02. The molecule has 2 rings (SSSR count). The molecule has 1 aromatic heterocycles. The van der Waals surface area contributed by atoms with Gasteiger partial charge in [-0.3, -0.25) is 4.79 Å². The zero-order valence-corrected chi connectivity index (χ0v) is 11.4. The summed E-state index contributed by atoms with van der Waals surface area (Å²) in [6.45, 7) is 1.98. The van der Waals surface area contributed by atoms with Gasteiger partial charge in [0.1, 0.15) is 11.6 Å². The third kappa shape index (κ3) is 2.78. The number of nitriles is 1. The third-order valence-electron chi connectivity index (χ3n) is 2.97. The lowest BCUT2D eigenvalue weighted by molar-refractivity contribution is -0.116. The summed E-state index contributed by atoms with van der Waals surface area (Å²) in [7, 11) is 1.51. The number of nitrogens with zero attached hydrogens (tertiary/aromatic N) is 2. The zero-order valence-electron chi connectivity index (χ0n) is 11.4. The first-order valence-corrected chi connectivity index (χ1v) is 6.24. The van der Waals surface area contributed by atoms with Gasteiger partial charge in [0.2, 0.25) is 0 Å². The zero-order chi connectivity index (χ0) is 14.5. The lowest BCUT2D eigenvalue weighted by atomic mass is 10.2. The van der Waals surface area contributed by atoms with Crippen LogP contribution >= 0.6 is 0 Å². The fraction of sp³-hybridized carbons (Fsp3) is 0.125. The van der Waals surface area contributed by atoms with Crippen LogP contribution < -0.4 is 5.32 Å². The molecule has 0 aliphatic heterocycles. The average Bonchev–Trinajstić information content (AvgIpc) is 2.85. The van der Waals surface area contributed by atoms with Crippen molar-refractivity contribution in [2.75, 3.05) is 7.05 Å². The summed E-state index contributed by atoms with van der Waals surface area (Å²) >= 11 is 0. The summed E-state index contributed by atoms with van der Waals surface area (Å²) in [6.07, 6.45) is 3.50. The van der Waals surface area contributed by atoms with Crippen LogP contribution in [0.4, 0.5) is 0 Å². The molecule has 0 bridgehead atoms. The van der Waals surface area contributed by atoms with E-state index >= 15 is 0 Å². The minimum absolute atomic E-state index is 0.0951. The molecular formula is C16H15N3O. The monoisotopic (exact) mass is 265 g/mol. The van der Waals surface area contributed by atoms with Crippen molar-refractivity contribution in [2.24, 2.45) is 0 Å². The largest absolute Gasteiger partial charge is 0.354 e. The number of likely N-dealkylation sites (N-methyl/N-ethyl adjacent to an activating group) is 1. The predicted octanol–water partition coefficient (Wildman–Crippen LogP) is 2.44. The van der Waals surface area contributed by atoms with Crippen LogP contribution in [0.2, 0.25) is 0 Å². The maximum atomic E-state index is 11.5. The molecule has 1 aromatic carbocycles. The Labute approximate surface area is 118 Å². The number of nitrogens with one attached hydrogen (secondary N) is 1. The molecule has 0 saturated carbocycles. The summed E-state index contributed by atoms with van der Waals surface area (Å²) in [6, 6.07) is 13.8. The number of carbonyl (C=O) groups is 1. The molecule has 0 spiro atoms. The second kappa shape index (κ2) is 5.89. The lowest BCUT2D eigenvalue weighted by Crippen LogP contribution is -2.19. The Bertz CT molecular complexity index is 690. The van der Waals surface area contributed by atoms with E-state index in [1.807, 2.05) is 60.2 Å². The van der Waals surface area contributed by atoms with Crippen molar-refractivity contribution < 1.29 is 4.79 Å². The molecule has 20 heavy (non-hydrogen) atoms. The van der Waals surface area contributed by atoms with Crippen molar-refractivity contribution in [1.82, 2.24) is 9.88 Å². The smallest absolute Gasteiger partial charge is 0.261 e. The maximum absolute atomic E-state index is 11.5. The molecule has 4 nitrogen and oxygen atoms in total. The van der Waals surface area contributed by atoms with Crippen LogP contribution in [-0.4, -0.2) is 17.5 Å². The van der Waals surface area contributed by atoms with Gasteiger partial charge in [-0.15, -0.1) is 0 Å². The molecule has 0 aliphatic carbocycles. The van der Waals surface area contributed by atoms with Gasteiger partial charge in [0, 0.05) is 24.6 Å². The standard InChI is InChI=1S/C16H15N3O/c1-12-8-13(9-14(10-17)16(20)18-2)11-19(12)15-6-4-3-5-7-15/h3-9,11H,1-2H3,(H,18,20)/b14-9+. The van der Waals surface area contributed by atoms with Crippen LogP contribution in [0, 0.1) is 18.3 Å². The SMILES string of the molecule is CNC(=O)/C(C#N)=C/c1cc(C)n(-c2ccccc2)c1. The highest BCUT2D eigenvalue weighted by atomic mass is 16.1. The number of carbonyl (C=O) groups excluding carboxylic acids is 1. The van der Waals surface area contributed by atoms with E-state index in [1.165, 1.54) is 7.05 Å². The molecule has 100 valence electrons. The Morgan fingerprint density at radius 3 is 2.65 bits per heavy atom. The second-order valence-electron chi connectivity index (χ2n) is 4.37. The fourth-order valence-electron chi connectivity index (χ4n) is 1.99. The number of benzene rings is 1. The molecule has 1 heterocycles.